The fraction of sp³-hybridized carbons (Fsp3) is 0.730. The Bertz CT molecular complexity index is 1080. The van der Waals surface area contributed by atoms with Crippen LogP contribution in [0.2, 0.25) is 16.6 Å². The molecule has 4 atom stereocenters. The third kappa shape index (κ3) is 6.33. The van der Waals surface area contributed by atoms with Crippen molar-refractivity contribution in [2.45, 2.75) is 154 Å². The molecule has 1 aromatic rings. The van der Waals surface area contributed by atoms with Crippen LogP contribution in [0.25, 0.3) is 0 Å². The molecule has 1 aromatic carbocycles. The van der Waals surface area contributed by atoms with E-state index in [-0.39, 0.29) is 29.6 Å². The van der Waals surface area contributed by atoms with E-state index in [4.69, 9.17) is 4.74 Å². The van der Waals surface area contributed by atoms with Gasteiger partial charge in [-0.1, -0.05) is 118 Å². The van der Waals surface area contributed by atoms with Gasteiger partial charge in [-0.3, -0.25) is 9.69 Å². The molecule has 0 radical (unpaired) electrons. The number of Topliss-reactive ketones (excluding diaryl/α,β-unsaturated/α-hetero) is 1. The molecule has 0 unspecified atom stereocenters. The Morgan fingerprint density at radius 1 is 0.905 bits per heavy atom. The number of ether oxygens (including phenoxy) is 1. The summed E-state index contributed by atoms with van der Waals surface area (Å²) >= 11 is 0. The van der Waals surface area contributed by atoms with Crippen molar-refractivity contribution in [3.8, 4) is 0 Å². The van der Waals surface area contributed by atoms with Crippen LogP contribution in [0.15, 0.2) is 41.7 Å². The first kappa shape index (κ1) is 33.0. The second-order valence-corrected chi connectivity index (χ2v) is 21.3. The first-order chi connectivity index (χ1) is 19.8. The van der Waals surface area contributed by atoms with Crippen LogP contribution in [0, 0.1) is 17.8 Å². The molecule has 1 aliphatic heterocycles. The highest BCUT2D eigenvalue weighted by Gasteiger charge is 2.52. The van der Waals surface area contributed by atoms with Crippen LogP contribution >= 0.6 is 0 Å². The van der Waals surface area contributed by atoms with E-state index >= 15 is 0 Å². The second-order valence-electron chi connectivity index (χ2n) is 15.5. The molecule has 42 heavy (non-hydrogen) atoms. The first-order valence-electron chi connectivity index (χ1n) is 17.1. The van der Waals surface area contributed by atoms with E-state index in [2.05, 4.69) is 92.6 Å². The zero-order valence-corrected chi connectivity index (χ0v) is 29.1. The maximum atomic E-state index is 14.5. The van der Waals surface area contributed by atoms with E-state index in [0.29, 0.717) is 40.7 Å². The Balaban J connectivity index is 1.73. The number of benzene rings is 1. The van der Waals surface area contributed by atoms with Crippen molar-refractivity contribution < 1.29 is 14.3 Å². The van der Waals surface area contributed by atoms with Crippen molar-refractivity contribution in [1.82, 2.24) is 4.90 Å². The predicted molar refractivity (Wildman–Crippen MR) is 177 cm³/mol. The fourth-order valence-electron chi connectivity index (χ4n) is 9.65. The van der Waals surface area contributed by atoms with Gasteiger partial charge in [0.1, 0.15) is 14.2 Å². The number of carbonyl (C=O) groups is 2. The van der Waals surface area contributed by atoms with Crippen molar-refractivity contribution in [1.29, 1.82) is 0 Å². The lowest BCUT2D eigenvalue weighted by Crippen LogP contribution is -2.55. The highest BCUT2D eigenvalue weighted by Crippen LogP contribution is 2.49. The molecule has 0 saturated heterocycles. The molecule has 234 valence electrons. The van der Waals surface area contributed by atoms with Crippen LogP contribution in [0.5, 0.6) is 0 Å². The van der Waals surface area contributed by atoms with E-state index in [1.807, 2.05) is 11.1 Å². The number of hydrogen-bond acceptors (Lipinski definition) is 3. The maximum Gasteiger partial charge on any atom is 0.414 e. The molecular formula is C37H59NO3Si. The van der Waals surface area contributed by atoms with Gasteiger partial charge in [-0.25, -0.2) is 4.79 Å². The van der Waals surface area contributed by atoms with Gasteiger partial charge in [0, 0.05) is 24.6 Å². The molecule has 0 N–H and O–H groups in total. The van der Waals surface area contributed by atoms with Gasteiger partial charge < -0.3 is 4.74 Å². The molecule has 0 bridgehead atoms. The zero-order valence-electron chi connectivity index (χ0n) is 28.1. The molecule has 5 heteroatoms. The predicted octanol–water partition coefficient (Wildman–Crippen LogP) is 10.2. The topological polar surface area (TPSA) is 46.6 Å². The third-order valence-corrected chi connectivity index (χ3v) is 18.9. The molecule has 2 fully saturated rings. The van der Waals surface area contributed by atoms with Gasteiger partial charge in [-0.05, 0) is 70.3 Å². The Morgan fingerprint density at radius 3 is 2.07 bits per heavy atom. The summed E-state index contributed by atoms with van der Waals surface area (Å²) in [6.07, 6.45) is 11.1. The molecule has 3 aliphatic rings. The molecule has 0 aromatic heterocycles. The lowest BCUT2D eigenvalue weighted by Gasteiger charge is -2.49. The molecule has 2 saturated carbocycles. The van der Waals surface area contributed by atoms with Gasteiger partial charge in [-0.2, -0.15) is 0 Å². The van der Waals surface area contributed by atoms with Gasteiger partial charge in [0.15, 0.2) is 5.78 Å². The van der Waals surface area contributed by atoms with Crippen molar-refractivity contribution in [2.24, 2.45) is 17.8 Å². The average Bonchev–Trinajstić information content (AvgIpc) is 2.94. The van der Waals surface area contributed by atoms with Gasteiger partial charge in [0.05, 0.1) is 0 Å². The highest BCUT2D eigenvalue weighted by atomic mass is 28.3. The zero-order chi connectivity index (χ0) is 30.8. The molecule has 2 aliphatic carbocycles. The molecule has 4 rings (SSSR count). The Hall–Kier alpha value is -1.88. The summed E-state index contributed by atoms with van der Waals surface area (Å²) in [5, 5.41) is 0.977. The lowest BCUT2D eigenvalue weighted by molar-refractivity contribution is -0.117. The lowest BCUT2D eigenvalue weighted by atomic mass is 9.64. The second kappa shape index (κ2) is 13.4. The van der Waals surface area contributed by atoms with Gasteiger partial charge >= 0.3 is 6.09 Å². The number of hydrogen-bond donors (Lipinski definition) is 0. The highest BCUT2D eigenvalue weighted by molar-refractivity contribution is 6.93. The maximum absolute atomic E-state index is 14.5. The average molecular weight is 594 g/mol. The standard InChI is InChI=1S/C37H59NO3Si/c1-25(2)42(26(3)4,27(5)6)35-24-38(32(23-33(35)39)29-16-12-10-13-17-29)36(40)41-34-22-28(7)20-21-31(34)37(8,9)30-18-14-11-15-19-30/h11,14-15,18-19,24-29,31-32,34H,10,12-13,16-17,20-23H2,1-9H3/t28-,31-,32-,34-/m1/s1. The number of nitrogens with zero attached hydrogens (tertiary/aromatic N) is 1. The molecular weight excluding hydrogens is 534 g/mol. The van der Waals surface area contributed by atoms with Crippen LogP contribution in [-0.4, -0.2) is 37.0 Å². The Kier molecular flexibility index (Phi) is 10.5. The number of allylic oxidation sites excluding steroid dienone is 1. The van der Waals surface area contributed by atoms with Crippen molar-refractivity contribution in [3.05, 3.63) is 47.3 Å². The Labute approximate surface area is 258 Å². The summed E-state index contributed by atoms with van der Waals surface area (Å²) in [7, 11) is -2.25. The quantitative estimate of drug-likeness (QED) is 0.282. The molecule has 1 heterocycles. The molecule has 1 amide bonds. The minimum absolute atomic E-state index is 0.0890. The number of amides is 1. The summed E-state index contributed by atoms with van der Waals surface area (Å²) < 4.78 is 6.67. The van der Waals surface area contributed by atoms with E-state index in [9.17, 15) is 9.59 Å². The van der Waals surface area contributed by atoms with Crippen molar-refractivity contribution in [3.63, 3.8) is 0 Å². The van der Waals surface area contributed by atoms with Crippen molar-refractivity contribution in [2.75, 3.05) is 0 Å². The van der Waals surface area contributed by atoms with Gasteiger partial charge in [0.2, 0.25) is 0 Å². The summed E-state index contributed by atoms with van der Waals surface area (Å²) in [4.78, 5) is 30.6. The summed E-state index contributed by atoms with van der Waals surface area (Å²) in [6, 6.07) is 10.6. The molecule has 4 nitrogen and oxygen atoms in total. The first-order valence-corrected chi connectivity index (χ1v) is 19.3. The summed E-state index contributed by atoms with van der Waals surface area (Å²) in [5.74, 6) is 1.44. The van der Waals surface area contributed by atoms with E-state index < -0.39 is 8.07 Å². The largest absolute Gasteiger partial charge is 0.446 e. The van der Waals surface area contributed by atoms with Crippen LogP contribution in [-0.2, 0) is 14.9 Å². The molecule has 0 spiro atoms. The van der Waals surface area contributed by atoms with Crippen LogP contribution in [0.1, 0.15) is 126 Å². The third-order valence-electron chi connectivity index (χ3n) is 11.8. The normalized spacial score (nSPS) is 26.6. The summed E-state index contributed by atoms with van der Waals surface area (Å²) in [5.41, 5.74) is 2.42. The van der Waals surface area contributed by atoms with E-state index in [0.717, 1.165) is 37.3 Å². The van der Waals surface area contributed by atoms with Gasteiger partial charge in [-0.15, -0.1) is 0 Å². The van der Waals surface area contributed by atoms with Crippen LogP contribution in [0.3, 0.4) is 0 Å². The number of carbonyl (C=O) groups excluding carboxylic acids is 2. The van der Waals surface area contributed by atoms with Crippen LogP contribution < -0.4 is 0 Å². The van der Waals surface area contributed by atoms with Crippen LogP contribution in [0.4, 0.5) is 4.79 Å². The fourth-order valence-corrected chi connectivity index (χ4v) is 16.5. The van der Waals surface area contributed by atoms with Crippen molar-refractivity contribution >= 4 is 20.0 Å². The van der Waals surface area contributed by atoms with Gasteiger partial charge in [0.25, 0.3) is 0 Å². The van der Waals surface area contributed by atoms with E-state index in [1.165, 1.54) is 24.8 Å². The number of ketones is 1. The minimum Gasteiger partial charge on any atom is -0.446 e. The smallest absolute Gasteiger partial charge is 0.414 e. The summed E-state index contributed by atoms with van der Waals surface area (Å²) in [6.45, 7) is 20.7. The minimum atomic E-state index is -2.25. The monoisotopic (exact) mass is 593 g/mol. The Morgan fingerprint density at radius 2 is 1.50 bits per heavy atom. The SMILES string of the molecule is CC(C)[Si](C1=CN(C(=O)O[C@@H]2C[C@H](C)CC[C@H]2C(C)(C)c2ccccc2)[C@@H](C2CCCCC2)CC1=O)(C(C)C)C(C)C. The van der Waals surface area contributed by atoms with E-state index in [1.54, 1.807) is 0 Å². The number of rotatable bonds is 8.